The standard InChI is InChI=1S/C29H31ClN4O2S/c30-22-9-10-28-25(19-22)26(20-32-28)21-11-16-33(17-12-21)18-13-23-5-1-2-15-34(23)37(35,36)29-8-3-7-27-24(29)6-4-14-31-27/h3-4,6-11,14,19-20,23,32H,1-2,5,12-13,15-18H2/t23-/m0/s1. The number of sulfonamides is 1. The molecule has 1 atom stereocenters. The maximum atomic E-state index is 13.8. The number of halogens is 1. The van der Waals surface area contributed by atoms with Crippen molar-refractivity contribution in [1.82, 2.24) is 19.2 Å². The largest absolute Gasteiger partial charge is 0.361 e. The Hall–Kier alpha value is -2.71. The van der Waals surface area contributed by atoms with Gasteiger partial charge in [0.15, 0.2) is 0 Å². The van der Waals surface area contributed by atoms with E-state index in [-0.39, 0.29) is 6.04 Å². The van der Waals surface area contributed by atoms with Gasteiger partial charge in [0.1, 0.15) is 0 Å². The molecule has 1 fully saturated rings. The topological polar surface area (TPSA) is 69.3 Å². The van der Waals surface area contributed by atoms with Crippen molar-refractivity contribution in [2.45, 2.75) is 43.0 Å². The molecule has 4 aromatic rings. The Bertz CT molecular complexity index is 1570. The number of nitrogens with zero attached hydrogens (tertiary/aromatic N) is 3. The molecule has 2 aromatic heterocycles. The third kappa shape index (κ3) is 4.81. The van der Waals surface area contributed by atoms with Gasteiger partial charge < -0.3 is 4.98 Å². The summed E-state index contributed by atoms with van der Waals surface area (Å²) in [7, 11) is -3.60. The van der Waals surface area contributed by atoms with Gasteiger partial charge in [0.05, 0.1) is 10.4 Å². The first-order valence-corrected chi connectivity index (χ1v) is 14.9. The molecule has 0 bridgehead atoms. The number of hydrogen-bond donors (Lipinski definition) is 1. The van der Waals surface area contributed by atoms with Crippen LogP contribution < -0.4 is 0 Å². The highest BCUT2D eigenvalue weighted by Gasteiger charge is 2.34. The fourth-order valence-electron chi connectivity index (χ4n) is 5.85. The lowest BCUT2D eigenvalue weighted by atomic mass is 9.98. The highest BCUT2D eigenvalue weighted by atomic mass is 35.5. The molecule has 1 saturated heterocycles. The molecule has 2 aliphatic rings. The van der Waals surface area contributed by atoms with E-state index >= 15 is 0 Å². The van der Waals surface area contributed by atoms with Gasteiger partial charge in [-0.05, 0) is 80.3 Å². The van der Waals surface area contributed by atoms with Crippen LogP contribution in [0.15, 0.2) is 71.9 Å². The first kappa shape index (κ1) is 24.6. The van der Waals surface area contributed by atoms with Gasteiger partial charge in [-0.3, -0.25) is 9.88 Å². The third-order valence-corrected chi connectivity index (χ3v) is 10.1. The van der Waals surface area contributed by atoms with Crippen LogP contribution in [0.1, 0.15) is 37.7 Å². The van der Waals surface area contributed by atoms with Gasteiger partial charge in [0.2, 0.25) is 10.0 Å². The van der Waals surface area contributed by atoms with E-state index in [9.17, 15) is 8.42 Å². The van der Waals surface area contributed by atoms with Crippen molar-refractivity contribution >= 4 is 49.0 Å². The molecule has 0 unspecified atom stereocenters. The number of fused-ring (bicyclic) bond motifs is 2. The van der Waals surface area contributed by atoms with Gasteiger partial charge in [-0.2, -0.15) is 4.31 Å². The lowest BCUT2D eigenvalue weighted by Gasteiger charge is -2.36. The number of H-pyrrole nitrogens is 1. The molecule has 6 nitrogen and oxygen atoms in total. The van der Waals surface area contributed by atoms with Crippen molar-refractivity contribution in [3.63, 3.8) is 0 Å². The Morgan fingerprint density at radius 3 is 2.84 bits per heavy atom. The zero-order valence-electron chi connectivity index (χ0n) is 20.7. The van der Waals surface area contributed by atoms with E-state index in [0.717, 1.165) is 62.3 Å². The highest BCUT2D eigenvalue weighted by molar-refractivity contribution is 7.89. The number of aromatic nitrogens is 2. The zero-order valence-corrected chi connectivity index (χ0v) is 22.3. The number of benzene rings is 2. The van der Waals surface area contributed by atoms with Gasteiger partial charge in [0, 0.05) is 64.9 Å². The summed E-state index contributed by atoms with van der Waals surface area (Å²) in [5, 5.41) is 2.61. The minimum absolute atomic E-state index is 0.0202. The Morgan fingerprint density at radius 2 is 1.97 bits per heavy atom. The zero-order chi connectivity index (χ0) is 25.4. The first-order valence-electron chi connectivity index (χ1n) is 13.0. The fraction of sp³-hybridized carbons (Fsp3) is 0.345. The number of hydrogen-bond acceptors (Lipinski definition) is 4. The number of nitrogens with one attached hydrogen (secondary N) is 1. The number of piperidine rings is 1. The lowest BCUT2D eigenvalue weighted by Crippen LogP contribution is -2.45. The molecular weight excluding hydrogens is 504 g/mol. The monoisotopic (exact) mass is 534 g/mol. The SMILES string of the molecule is O=S(=O)(c1cccc2ncccc12)N1CCCC[C@H]1CCN1CC=C(c2c[nH]c3ccc(Cl)cc23)CC1. The van der Waals surface area contributed by atoms with Gasteiger partial charge >= 0.3 is 0 Å². The molecular formula is C29H31ClN4O2S. The molecule has 2 aromatic carbocycles. The summed E-state index contributed by atoms with van der Waals surface area (Å²) in [6.45, 7) is 3.30. The van der Waals surface area contributed by atoms with E-state index < -0.39 is 10.0 Å². The van der Waals surface area contributed by atoms with Crippen molar-refractivity contribution < 1.29 is 8.42 Å². The minimum Gasteiger partial charge on any atom is -0.361 e. The predicted octanol–water partition coefficient (Wildman–Crippen LogP) is 6.09. The molecule has 2 aliphatic heterocycles. The van der Waals surface area contributed by atoms with Gasteiger partial charge in [0.25, 0.3) is 0 Å². The average molecular weight is 535 g/mol. The van der Waals surface area contributed by atoms with E-state index in [1.807, 2.05) is 30.3 Å². The van der Waals surface area contributed by atoms with Crippen molar-refractivity contribution in [2.75, 3.05) is 26.2 Å². The van der Waals surface area contributed by atoms with E-state index in [1.54, 1.807) is 28.7 Å². The summed E-state index contributed by atoms with van der Waals surface area (Å²) in [6.07, 6.45) is 10.8. The molecule has 192 valence electrons. The summed E-state index contributed by atoms with van der Waals surface area (Å²) in [5.74, 6) is 0. The second-order valence-corrected chi connectivity index (χ2v) is 12.3. The van der Waals surface area contributed by atoms with Crippen LogP contribution in [0, 0.1) is 0 Å². The van der Waals surface area contributed by atoms with Gasteiger partial charge in [-0.25, -0.2) is 8.42 Å². The van der Waals surface area contributed by atoms with Crippen LogP contribution in [-0.4, -0.2) is 59.8 Å². The van der Waals surface area contributed by atoms with Crippen molar-refractivity contribution in [3.05, 3.63) is 77.6 Å². The molecule has 6 rings (SSSR count). The lowest BCUT2D eigenvalue weighted by molar-refractivity contribution is 0.206. The summed E-state index contributed by atoms with van der Waals surface area (Å²) >= 11 is 6.24. The van der Waals surface area contributed by atoms with Crippen LogP contribution in [0.2, 0.25) is 5.02 Å². The summed E-state index contributed by atoms with van der Waals surface area (Å²) < 4.78 is 29.4. The van der Waals surface area contributed by atoms with Crippen LogP contribution in [0.4, 0.5) is 0 Å². The maximum absolute atomic E-state index is 13.8. The van der Waals surface area contributed by atoms with Gasteiger partial charge in [-0.1, -0.05) is 30.2 Å². The van der Waals surface area contributed by atoms with E-state index in [1.165, 1.54) is 16.5 Å². The molecule has 0 saturated carbocycles. The molecule has 0 amide bonds. The normalized spacial score (nSPS) is 19.9. The second-order valence-electron chi connectivity index (χ2n) is 10.1. The molecule has 8 heteroatoms. The van der Waals surface area contributed by atoms with Crippen LogP contribution in [0.5, 0.6) is 0 Å². The minimum atomic E-state index is -3.60. The van der Waals surface area contributed by atoms with Crippen LogP contribution in [-0.2, 0) is 10.0 Å². The fourth-order valence-corrected chi connectivity index (χ4v) is 7.95. The molecule has 0 spiro atoms. The van der Waals surface area contributed by atoms with Crippen LogP contribution in [0.25, 0.3) is 27.4 Å². The summed E-state index contributed by atoms with van der Waals surface area (Å²) in [5.41, 5.74) is 4.39. The summed E-state index contributed by atoms with van der Waals surface area (Å²) in [6, 6.07) is 15.0. The van der Waals surface area contributed by atoms with E-state index in [0.29, 0.717) is 22.3 Å². The van der Waals surface area contributed by atoms with Crippen molar-refractivity contribution in [2.24, 2.45) is 0 Å². The Kier molecular flexibility index (Phi) is 6.80. The Balaban J connectivity index is 1.16. The van der Waals surface area contributed by atoms with Crippen LogP contribution in [0.3, 0.4) is 0 Å². The van der Waals surface area contributed by atoms with Crippen molar-refractivity contribution in [1.29, 1.82) is 0 Å². The van der Waals surface area contributed by atoms with E-state index in [2.05, 4.69) is 27.1 Å². The molecule has 37 heavy (non-hydrogen) atoms. The third-order valence-electron chi connectivity index (χ3n) is 7.83. The highest BCUT2D eigenvalue weighted by Crippen LogP contribution is 2.33. The molecule has 0 radical (unpaired) electrons. The van der Waals surface area contributed by atoms with Crippen molar-refractivity contribution in [3.8, 4) is 0 Å². The average Bonchev–Trinajstić information content (AvgIpc) is 3.35. The molecule has 1 N–H and O–H groups in total. The van der Waals surface area contributed by atoms with E-state index in [4.69, 9.17) is 11.6 Å². The Morgan fingerprint density at radius 1 is 1.05 bits per heavy atom. The maximum Gasteiger partial charge on any atom is 0.243 e. The number of rotatable bonds is 6. The van der Waals surface area contributed by atoms with Crippen LogP contribution >= 0.6 is 11.6 Å². The first-order chi connectivity index (χ1) is 18.0. The molecule has 0 aliphatic carbocycles. The summed E-state index contributed by atoms with van der Waals surface area (Å²) in [4.78, 5) is 10.5. The number of aromatic amines is 1. The Labute approximate surface area is 223 Å². The second kappa shape index (κ2) is 10.2. The molecule has 4 heterocycles. The van der Waals surface area contributed by atoms with Gasteiger partial charge in [-0.15, -0.1) is 0 Å². The quantitative estimate of drug-likeness (QED) is 0.325. The predicted molar refractivity (Wildman–Crippen MR) is 150 cm³/mol. The smallest absolute Gasteiger partial charge is 0.243 e. The number of pyridine rings is 1.